The number of aliphatic hydroxyl groups is 1. The highest BCUT2D eigenvalue weighted by molar-refractivity contribution is 4.61. The van der Waals surface area contributed by atoms with Gasteiger partial charge in [-0.2, -0.15) is 0 Å². The molecule has 68 valence electrons. The van der Waals surface area contributed by atoms with E-state index in [1.807, 2.05) is 14.0 Å². The Bertz CT molecular complexity index is 88.2. The van der Waals surface area contributed by atoms with E-state index < -0.39 is 0 Å². The minimum Gasteiger partial charge on any atom is -0.395 e. The lowest BCUT2D eigenvalue weighted by Gasteiger charge is -2.22. The number of hydrogen-bond donors (Lipinski definition) is 2. The van der Waals surface area contributed by atoms with Crippen LogP contribution >= 0.6 is 0 Å². The van der Waals surface area contributed by atoms with Gasteiger partial charge in [0.1, 0.15) is 0 Å². The molecule has 0 radical (unpaired) electrons. The van der Waals surface area contributed by atoms with E-state index in [9.17, 15) is 0 Å². The van der Waals surface area contributed by atoms with Crippen LogP contribution in [-0.4, -0.2) is 49.3 Å². The van der Waals surface area contributed by atoms with Crippen LogP contribution in [0.4, 0.5) is 0 Å². The van der Waals surface area contributed by atoms with Crippen LogP contribution in [0.25, 0.3) is 0 Å². The second-order valence-electron chi connectivity index (χ2n) is 2.87. The first-order chi connectivity index (χ1) is 5.22. The van der Waals surface area contributed by atoms with E-state index >= 15 is 0 Å². The number of nitrogens with zero attached hydrogens (tertiary/aromatic N) is 1. The summed E-state index contributed by atoms with van der Waals surface area (Å²) in [5, 5.41) is 12.0. The number of rotatable bonds is 6. The van der Waals surface area contributed by atoms with Gasteiger partial charge in [0.15, 0.2) is 0 Å². The molecule has 0 aliphatic carbocycles. The summed E-state index contributed by atoms with van der Waals surface area (Å²) in [5.74, 6) is 0. The van der Waals surface area contributed by atoms with Crippen molar-refractivity contribution in [3.8, 4) is 0 Å². The van der Waals surface area contributed by atoms with Crippen molar-refractivity contribution in [1.82, 2.24) is 10.2 Å². The predicted octanol–water partition coefficient (Wildman–Crippen LogP) is -0.0915. The van der Waals surface area contributed by atoms with Gasteiger partial charge in [0.25, 0.3) is 0 Å². The second kappa shape index (κ2) is 6.58. The summed E-state index contributed by atoms with van der Waals surface area (Å²) >= 11 is 0. The first kappa shape index (κ1) is 10.9. The topological polar surface area (TPSA) is 35.5 Å². The van der Waals surface area contributed by atoms with Gasteiger partial charge in [-0.05, 0) is 20.5 Å². The third kappa shape index (κ3) is 5.18. The molecule has 0 aromatic heterocycles. The molecule has 3 heteroatoms. The summed E-state index contributed by atoms with van der Waals surface area (Å²) < 4.78 is 0. The fourth-order valence-electron chi connectivity index (χ4n) is 0.792. The molecule has 0 rings (SSSR count). The molecule has 0 spiro atoms. The minimum atomic E-state index is 0.239. The van der Waals surface area contributed by atoms with Gasteiger partial charge in [-0.25, -0.2) is 0 Å². The molecule has 0 saturated heterocycles. The van der Waals surface area contributed by atoms with Gasteiger partial charge in [0.2, 0.25) is 0 Å². The normalized spacial score (nSPS) is 13.9. The van der Waals surface area contributed by atoms with Crippen molar-refractivity contribution < 1.29 is 5.11 Å². The summed E-state index contributed by atoms with van der Waals surface area (Å²) in [4.78, 5) is 2.14. The third-order valence-corrected chi connectivity index (χ3v) is 1.91. The van der Waals surface area contributed by atoms with Crippen molar-refractivity contribution in [3.63, 3.8) is 0 Å². The zero-order valence-electron chi connectivity index (χ0n) is 7.80. The molecule has 0 bridgehead atoms. The molecule has 3 nitrogen and oxygen atoms in total. The molecule has 0 aliphatic heterocycles. The molecule has 0 heterocycles. The maximum absolute atomic E-state index is 8.80. The second-order valence-corrected chi connectivity index (χ2v) is 2.87. The summed E-state index contributed by atoms with van der Waals surface area (Å²) in [5.41, 5.74) is 0. The van der Waals surface area contributed by atoms with Crippen molar-refractivity contribution in [1.29, 1.82) is 0 Å². The fourth-order valence-corrected chi connectivity index (χ4v) is 0.792. The zero-order chi connectivity index (χ0) is 8.69. The Kier molecular flexibility index (Phi) is 6.51. The first-order valence-electron chi connectivity index (χ1n) is 4.24. The van der Waals surface area contributed by atoms with Crippen molar-refractivity contribution in [2.24, 2.45) is 0 Å². The molecule has 0 aromatic carbocycles. The largest absolute Gasteiger partial charge is 0.395 e. The van der Waals surface area contributed by atoms with E-state index in [4.69, 9.17) is 5.11 Å². The van der Waals surface area contributed by atoms with E-state index in [-0.39, 0.29) is 12.6 Å². The summed E-state index contributed by atoms with van der Waals surface area (Å²) in [6.45, 7) is 7.36. The highest BCUT2D eigenvalue weighted by atomic mass is 16.3. The molecule has 0 saturated carbocycles. The Morgan fingerprint density at radius 3 is 2.64 bits per heavy atom. The molecule has 0 aliphatic rings. The molecule has 1 atom stereocenters. The third-order valence-electron chi connectivity index (χ3n) is 1.91. The monoisotopic (exact) mass is 160 g/mol. The highest BCUT2D eigenvalue weighted by Gasteiger charge is 2.05. The molecule has 2 N–H and O–H groups in total. The fraction of sp³-hybridized carbons (Fsp3) is 1.00. The molecular weight excluding hydrogens is 140 g/mol. The first-order valence-corrected chi connectivity index (χ1v) is 4.24. The van der Waals surface area contributed by atoms with Crippen molar-refractivity contribution in [2.75, 3.05) is 33.3 Å². The quantitative estimate of drug-likeness (QED) is 0.533. The van der Waals surface area contributed by atoms with Gasteiger partial charge < -0.3 is 15.3 Å². The summed E-state index contributed by atoms with van der Waals surface area (Å²) in [6, 6.07) is 0.272. The van der Waals surface area contributed by atoms with E-state index in [1.54, 1.807) is 0 Å². The predicted molar refractivity (Wildman–Crippen MR) is 47.7 cm³/mol. The van der Waals surface area contributed by atoms with Crippen LogP contribution in [0.5, 0.6) is 0 Å². The molecule has 11 heavy (non-hydrogen) atoms. The lowest BCUT2D eigenvalue weighted by atomic mass is 10.3. The van der Waals surface area contributed by atoms with Gasteiger partial charge in [-0.3, -0.25) is 0 Å². The van der Waals surface area contributed by atoms with Crippen molar-refractivity contribution in [2.45, 2.75) is 19.9 Å². The Labute approximate surface area is 69.4 Å². The van der Waals surface area contributed by atoms with E-state index in [0.717, 1.165) is 19.6 Å². The SMILES string of the molecule is CCNCCN(C)C(C)CO. The van der Waals surface area contributed by atoms with Gasteiger partial charge >= 0.3 is 0 Å². The minimum absolute atomic E-state index is 0.239. The van der Waals surface area contributed by atoms with Gasteiger partial charge in [0, 0.05) is 19.1 Å². The molecule has 0 amide bonds. The average molecular weight is 160 g/mol. The lowest BCUT2D eigenvalue weighted by Crippen LogP contribution is -2.37. The Morgan fingerprint density at radius 2 is 2.18 bits per heavy atom. The van der Waals surface area contributed by atoms with Crippen LogP contribution in [0.3, 0.4) is 0 Å². The maximum Gasteiger partial charge on any atom is 0.0584 e. The zero-order valence-corrected chi connectivity index (χ0v) is 7.80. The number of likely N-dealkylation sites (N-methyl/N-ethyl adjacent to an activating group) is 2. The van der Waals surface area contributed by atoms with Crippen LogP contribution in [0.2, 0.25) is 0 Å². The van der Waals surface area contributed by atoms with Gasteiger partial charge in [0.05, 0.1) is 6.61 Å². The Balaban J connectivity index is 3.28. The highest BCUT2D eigenvalue weighted by Crippen LogP contribution is 1.91. The smallest absolute Gasteiger partial charge is 0.0584 e. The molecular formula is C8H20N2O. The summed E-state index contributed by atoms with van der Waals surface area (Å²) in [7, 11) is 2.03. The standard InChI is InChI=1S/C8H20N2O/c1-4-9-5-6-10(3)8(2)7-11/h8-9,11H,4-7H2,1-3H3. The van der Waals surface area contributed by atoms with E-state index in [0.29, 0.717) is 0 Å². The van der Waals surface area contributed by atoms with Gasteiger partial charge in [-0.15, -0.1) is 0 Å². The van der Waals surface area contributed by atoms with Crippen LogP contribution in [0.15, 0.2) is 0 Å². The Hall–Kier alpha value is -0.120. The lowest BCUT2D eigenvalue weighted by molar-refractivity contribution is 0.160. The van der Waals surface area contributed by atoms with Crippen LogP contribution in [0, 0.1) is 0 Å². The Morgan fingerprint density at radius 1 is 1.55 bits per heavy atom. The van der Waals surface area contributed by atoms with E-state index in [1.165, 1.54) is 0 Å². The van der Waals surface area contributed by atoms with Crippen LogP contribution in [0.1, 0.15) is 13.8 Å². The summed E-state index contributed by atoms with van der Waals surface area (Å²) in [6.07, 6.45) is 0. The number of nitrogens with one attached hydrogen (secondary N) is 1. The van der Waals surface area contributed by atoms with Crippen LogP contribution < -0.4 is 5.32 Å². The molecule has 1 unspecified atom stereocenters. The van der Waals surface area contributed by atoms with E-state index in [2.05, 4.69) is 17.1 Å². The van der Waals surface area contributed by atoms with Crippen LogP contribution in [-0.2, 0) is 0 Å². The van der Waals surface area contributed by atoms with Crippen molar-refractivity contribution in [3.05, 3.63) is 0 Å². The number of hydrogen-bond acceptors (Lipinski definition) is 3. The average Bonchev–Trinajstić information content (AvgIpc) is 2.03. The molecule has 0 aromatic rings. The van der Waals surface area contributed by atoms with Gasteiger partial charge in [-0.1, -0.05) is 6.92 Å². The maximum atomic E-state index is 8.80. The molecule has 0 fully saturated rings. The number of aliphatic hydroxyl groups excluding tert-OH is 1. The van der Waals surface area contributed by atoms with Crippen molar-refractivity contribution >= 4 is 0 Å².